The molecule has 0 amide bonds. The lowest BCUT2D eigenvalue weighted by Crippen LogP contribution is -2.36. The zero-order valence-electron chi connectivity index (χ0n) is 7.31. The summed E-state index contributed by atoms with van der Waals surface area (Å²) in [6.07, 6.45) is 1.04. The summed E-state index contributed by atoms with van der Waals surface area (Å²) in [5.74, 6) is 0. The van der Waals surface area contributed by atoms with E-state index in [1.165, 1.54) is 10.4 Å². The van der Waals surface area contributed by atoms with Crippen LogP contribution in [0.4, 0.5) is 0 Å². The fourth-order valence-corrected chi connectivity index (χ4v) is 1.12. The number of hydrogen-bond acceptors (Lipinski definition) is 3. The summed E-state index contributed by atoms with van der Waals surface area (Å²) in [6, 6.07) is 8.08. The second-order valence-electron chi connectivity index (χ2n) is 2.71. The maximum Gasteiger partial charge on any atom is 0.231 e. The van der Waals surface area contributed by atoms with Crippen LogP contribution >= 0.6 is 0 Å². The lowest BCUT2D eigenvalue weighted by molar-refractivity contribution is -0.719. The monoisotopic (exact) mass is 176 g/mol. The van der Waals surface area contributed by atoms with Gasteiger partial charge in [0, 0.05) is 0 Å². The Morgan fingerprint density at radius 3 is 2.62 bits per heavy atom. The van der Waals surface area contributed by atoms with Crippen molar-refractivity contribution in [3.05, 3.63) is 29.8 Å². The molecule has 0 saturated carbocycles. The number of nitrogens with one attached hydrogen (secondary N) is 1. The molecule has 5 nitrogen and oxygen atoms in total. The molecule has 0 saturated heterocycles. The molecule has 0 spiro atoms. The Hall–Kier alpha value is -1.78. The first-order valence-electron chi connectivity index (χ1n) is 4.15. The van der Waals surface area contributed by atoms with E-state index in [1.54, 1.807) is 0 Å². The van der Waals surface area contributed by atoms with Crippen LogP contribution in [-0.4, -0.2) is 20.9 Å². The van der Waals surface area contributed by atoms with Crippen molar-refractivity contribution in [1.29, 1.82) is 0 Å². The van der Waals surface area contributed by atoms with E-state index in [4.69, 9.17) is 0 Å². The molecule has 13 heavy (non-hydrogen) atoms. The van der Waals surface area contributed by atoms with Gasteiger partial charge in [0.05, 0.1) is 0 Å². The number of nitrogens with zero attached hydrogens (tertiary/aromatic N) is 4. The Labute approximate surface area is 75.4 Å². The van der Waals surface area contributed by atoms with Gasteiger partial charge in [-0.05, 0) is 34.1 Å². The molecule has 0 aliphatic rings. The van der Waals surface area contributed by atoms with E-state index in [-0.39, 0.29) is 0 Å². The molecule has 2 rings (SSSR count). The van der Waals surface area contributed by atoms with Gasteiger partial charge < -0.3 is 0 Å². The lowest BCUT2D eigenvalue weighted by Gasteiger charge is -1.95. The number of rotatable bonds is 2. The van der Waals surface area contributed by atoms with Gasteiger partial charge >= 0.3 is 0 Å². The van der Waals surface area contributed by atoms with Crippen LogP contribution in [0.5, 0.6) is 0 Å². The van der Waals surface area contributed by atoms with Gasteiger partial charge in [-0.15, -0.1) is 0 Å². The molecular weight excluding hydrogens is 166 g/mol. The van der Waals surface area contributed by atoms with E-state index in [0.29, 0.717) is 0 Å². The van der Waals surface area contributed by atoms with Gasteiger partial charge in [-0.25, -0.2) is 0 Å². The molecule has 66 valence electrons. The number of benzene rings is 1. The Kier molecular flexibility index (Phi) is 1.99. The van der Waals surface area contributed by atoms with Gasteiger partial charge in [0.1, 0.15) is 5.21 Å². The van der Waals surface area contributed by atoms with E-state index in [9.17, 15) is 0 Å². The zero-order chi connectivity index (χ0) is 9.10. The first-order chi connectivity index (χ1) is 6.40. The number of H-pyrrole nitrogens is 1. The molecule has 0 aliphatic carbocycles. The van der Waals surface area contributed by atoms with E-state index < -0.39 is 0 Å². The molecule has 0 aliphatic heterocycles. The minimum atomic E-state index is 0.933. The number of aromatic nitrogens is 5. The van der Waals surface area contributed by atoms with Crippen LogP contribution in [-0.2, 0) is 6.42 Å². The smallest absolute Gasteiger partial charge is 0.0613 e. The quantitative estimate of drug-likeness (QED) is 0.657. The third kappa shape index (κ3) is 1.53. The highest BCUT2D eigenvalue weighted by atomic mass is 15.7. The highest BCUT2D eigenvalue weighted by Crippen LogP contribution is 2.02. The Bertz CT molecular complexity index is 364. The summed E-state index contributed by atoms with van der Waals surface area (Å²) in [5, 5.41) is 13.3. The average molecular weight is 176 g/mol. The van der Waals surface area contributed by atoms with Crippen molar-refractivity contribution in [2.75, 3.05) is 0 Å². The van der Waals surface area contributed by atoms with E-state index >= 15 is 0 Å². The van der Waals surface area contributed by atoms with E-state index in [0.717, 1.165) is 12.1 Å². The van der Waals surface area contributed by atoms with Crippen LogP contribution in [0.3, 0.4) is 0 Å². The van der Waals surface area contributed by atoms with Crippen molar-refractivity contribution in [2.45, 2.75) is 13.3 Å². The van der Waals surface area contributed by atoms with E-state index in [2.05, 4.69) is 39.9 Å². The molecule has 0 bridgehead atoms. The topological polar surface area (TPSA) is 58.3 Å². The zero-order valence-corrected chi connectivity index (χ0v) is 7.31. The second-order valence-corrected chi connectivity index (χ2v) is 2.71. The van der Waals surface area contributed by atoms with Gasteiger partial charge in [-0.2, -0.15) is 0 Å². The molecule has 5 heteroatoms. The lowest BCUT2D eigenvalue weighted by atomic mass is 10.2. The molecule has 1 N–H and O–H groups in total. The summed E-state index contributed by atoms with van der Waals surface area (Å²) in [4.78, 5) is 1.51. The molecule has 0 fully saturated rings. The molecular formula is C8H10N5+. The first kappa shape index (κ1) is 7.85. The van der Waals surface area contributed by atoms with Crippen molar-refractivity contribution < 1.29 is 4.80 Å². The summed E-state index contributed by atoms with van der Waals surface area (Å²) < 4.78 is 0. The first-order valence-corrected chi connectivity index (χ1v) is 4.15. The van der Waals surface area contributed by atoms with Crippen molar-refractivity contribution in [3.8, 4) is 5.69 Å². The predicted molar refractivity (Wildman–Crippen MR) is 45.1 cm³/mol. The van der Waals surface area contributed by atoms with Gasteiger partial charge in [0.25, 0.3) is 0 Å². The fraction of sp³-hybridized carbons (Fsp3) is 0.250. The highest BCUT2D eigenvalue weighted by molar-refractivity contribution is 5.26. The highest BCUT2D eigenvalue weighted by Gasteiger charge is 2.03. The largest absolute Gasteiger partial charge is 0.231 e. The Balaban J connectivity index is 2.33. The van der Waals surface area contributed by atoms with Crippen LogP contribution < -0.4 is 4.80 Å². The summed E-state index contributed by atoms with van der Waals surface area (Å²) in [5.41, 5.74) is 2.24. The Morgan fingerprint density at radius 1 is 1.31 bits per heavy atom. The van der Waals surface area contributed by atoms with Gasteiger partial charge in [0.15, 0.2) is 5.69 Å². The van der Waals surface area contributed by atoms with Crippen LogP contribution in [0.1, 0.15) is 12.5 Å². The third-order valence-electron chi connectivity index (χ3n) is 1.90. The number of hydrogen-bond donors (Lipinski definition) is 1. The third-order valence-corrected chi connectivity index (χ3v) is 1.90. The van der Waals surface area contributed by atoms with Crippen molar-refractivity contribution in [2.24, 2.45) is 0 Å². The molecule has 0 unspecified atom stereocenters. The predicted octanol–water partition coefficient (Wildman–Crippen LogP) is 0.0388. The molecule has 1 heterocycles. The van der Waals surface area contributed by atoms with Gasteiger partial charge in [-0.1, -0.05) is 19.1 Å². The summed E-state index contributed by atoms with van der Waals surface area (Å²) in [6.45, 7) is 2.12. The average Bonchev–Trinajstić information content (AvgIpc) is 2.71. The molecule has 0 atom stereocenters. The van der Waals surface area contributed by atoms with Crippen LogP contribution in [0.15, 0.2) is 24.3 Å². The van der Waals surface area contributed by atoms with Crippen LogP contribution in [0, 0.1) is 0 Å². The standard InChI is InChI=1S/C8H9N5/c1-2-7-3-5-8(6-4-7)13-11-9-10-12-13/h3-6H,2H2,1H3/p+1. The Morgan fingerprint density at radius 2 is 2.08 bits per heavy atom. The summed E-state index contributed by atoms with van der Waals surface area (Å²) >= 11 is 0. The van der Waals surface area contributed by atoms with Crippen molar-refractivity contribution >= 4 is 0 Å². The van der Waals surface area contributed by atoms with Crippen molar-refractivity contribution in [3.63, 3.8) is 0 Å². The maximum atomic E-state index is 3.74. The molecule has 1 aromatic heterocycles. The SMILES string of the molecule is CCc1ccc(-[n+]2nnn[nH]2)cc1. The maximum absolute atomic E-state index is 3.74. The normalized spacial score (nSPS) is 10.2. The summed E-state index contributed by atoms with van der Waals surface area (Å²) in [7, 11) is 0. The molecule has 0 radical (unpaired) electrons. The number of aryl methyl sites for hydroxylation is 1. The minimum absolute atomic E-state index is 0.933. The van der Waals surface area contributed by atoms with Crippen LogP contribution in [0.25, 0.3) is 5.69 Å². The van der Waals surface area contributed by atoms with Crippen LogP contribution in [0.2, 0.25) is 0 Å². The minimum Gasteiger partial charge on any atom is -0.0613 e. The van der Waals surface area contributed by atoms with Gasteiger partial charge in [0.2, 0.25) is 10.4 Å². The fourth-order valence-electron chi connectivity index (χ4n) is 1.12. The second kappa shape index (κ2) is 3.30. The molecule has 2 aromatic rings. The van der Waals surface area contributed by atoms with E-state index in [1.807, 2.05) is 12.1 Å². The van der Waals surface area contributed by atoms with Gasteiger partial charge in [-0.3, -0.25) is 0 Å². The number of aromatic amines is 1. The molecule has 1 aromatic carbocycles. The van der Waals surface area contributed by atoms with Crippen molar-refractivity contribution in [1.82, 2.24) is 20.9 Å².